The second kappa shape index (κ2) is 24.5. The summed E-state index contributed by atoms with van der Waals surface area (Å²) in [6.07, 6.45) is 4.47. The van der Waals surface area contributed by atoms with Gasteiger partial charge in [0.05, 0.1) is 25.7 Å². The van der Waals surface area contributed by atoms with Gasteiger partial charge in [-0.25, -0.2) is 9.98 Å². The number of hydrogen-bond acceptors (Lipinski definition) is 14. The van der Waals surface area contributed by atoms with Crippen LogP contribution < -0.4 is 11.5 Å². The van der Waals surface area contributed by atoms with Crippen LogP contribution in [0.5, 0.6) is 0 Å². The molecular formula is C27H50N8O10. The van der Waals surface area contributed by atoms with Gasteiger partial charge in [-0.05, 0) is 47.2 Å². The molecule has 0 aliphatic rings. The number of likely N-dealkylation sites (N-methyl/N-ethyl adjacent to an activating group) is 1. The summed E-state index contributed by atoms with van der Waals surface area (Å²) in [5.74, 6) is -3.96. The van der Waals surface area contributed by atoms with Crippen LogP contribution in [0.4, 0.5) is 0 Å². The number of aliphatic carboxylic acids is 3. The van der Waals surface area contributed by atoms with E-state index in [-0.39, 0.29) is 26.1 Å². The Morgan fingerprint density at radius 3 is 1.96 bits per heavy atom. The fourth-order valence-electron chi connectivity index (χ4n) is 3.61. The number of nitrogens with zero attached hydrogens (tertiary/aromatic N) is 6. The largest absolute Gasteiger partial charge is 0.483 e. The second-order valence-electron chi connectivity index (χ2n) is 10.3. The normalized spacial score (nSPS) is 14.8. The van der Waals surface area contributed by atoms with Crippen LogP contribution in [0.2, 0.25) is 0 Å². The molecule has 0 aromatic heterocycles. The molecule has 0 saturated heterocycles. The van der Waals surface area contributed by atoms with Crippen LogP contribution >= 0.6 is 0 Å². The number of carbonyl (C=O) groups excluding carboxylic acids is 1. The monoisotopic (exact) mass is 646 g/mol. The van der Waals surface area contributed by atoms with E-state index in [1.54, 1.807) is 18.7 Å². The molecule has 0 saturated carbocycles. The zero-order chi connectivity index (χ0) is 34.2. The topological polar surface area (TPSA) is 256 Å². The lowest BCUT2D eigenvalue weighted by molar-refractivity contribution is -0.146. The van der Waals surface area contributed by atoms with Crippen LogP contribution in [0.1, 0.15) is 39.5 Å². The number of aliphatic imine (C=N–C) groups is 3. The predicted octanol–water partition coefficient (Wildman–Crippen LogP) is -1.03. The maximum Gasteiger partial charge on any atom is 0.321 e. The van der Waals surface area contributed by atoms with Gasteiger partial charge >= 0.3 is 17.9 Å². The number of rotatable bonds is 28. The Hall–Kier alpha value is -3.87. The van der Waals surface area contributed by atoms with Crippen LogP contribution in [0, 0.1) is 0 Å². The highest BCUT2D eigenvalue weighted by Gasteiger charge is 2.26. The van der Waals surface area contributed by atoms with Gasteiger partial charge < -0.3 is 45.9 Å². The molecule has 18 heteroatoms. The molecule has 0 fully saturated rings. The molecule has 0 heterocycles. The summed E-state index contributed by atoms with van der Waals surface area (Å²) in [6, 6.07) is -1.60. The number of carbonyl (C=O) groups is 4. The maximum absolute atomic E-state index is 12.1. The fourth-order valence-corrected chi connectivity index (χ4v) is 3.61. The molecule has 45 heavy (non-hydrogen) atoms. The Morgan fingerprint density at radius 2 is 1.40 bits per heavy atom. The lowest BCUT2D eigenvalue weighted by Crippen LogP contribution is -2.49. The fraction of sp³-hybridized carbons (Fsp3) is 0.741. The van der Waals surface area contributed by atoms with Crippen LogP contribution in [0.25, 0.3) is 0 Å². The lowest BCUT2D eigenvalue weighted by atomic mass is 10.1. The highest BCUT2D eigenvalue weighted by atomic mass is 16.5. The van der Waals surface area contributed by atoms with Gasteiger partial charge in [-0.3, -0.25) is 34.0 Å². The Kier molecular flexibility index (Phi) is 22.3. The SMILES string of the molecule is C[C@H](N=CO[C@H](C)N=COCC[C@@H](C(=O)O)N(CCN(C)C)CCN(CC(=O)O)CC(=O)O)OC=NCCCC[C@H](N)C(N)=O. The number of hydrogen-bond donors (Lipinski definition) is 5. The average Bonchev–Trinajstić information content (AvgIpc) is 2.93. The van der Waals surface area contributed by atoms with Gasteiger partial charge in [0.1, 0.15) is 6.04 Å². The third kappa shape index (κ3) is 23.2. The van der Waals surface area contributed by atoms with Gasteiger partial charge in [-0.2, -0.15) is 0 Å². The highest BCUT2D eigenvalue weighted by Crippen LogP contribution is 2.07. The molecule has 1 amide bonds. The van der Waals surface area contributed by atoms with Crippen molar-refractivity contribution in [2.45, 2.75) is 64.1 Å². The van der Waals surface area contributed by atoms with Crippen LogP contribution in [-0.4, -0.2) is 164 Å². The molecule has 0 bridgehead atoms. The third-order valence-corrected chi connectivity index (χ3v) is 6.11. The van der Waals surface area contributed by atoms with Crippen molar-refractivity contribution in [3.8, 4) is 0 Å². The highest BCUT2D eigenvalue weighted by molar-refractivity contribution is 5.79. The minimum atomic E-state index is -1.18. The number of amides is 1. The molecule has 0 aromatic rings. The van der Waals surface area contributed by atoms with Crippen molar-refractivity contribution in [2.75, 3.05) is 66.5 Å². The lowest BCUT2D eigenvalue weighted by Gasteiger charge is -2.31. The average molecular weight is 647 g/mol. The maximum atomic E-state index is 12.1. The van der Waals surface area contributed by atoms with Gasteiger partial charge in [0.25, 0.3) is 0 Å². The summed E-state index contributed by atoms with van der Waals surface area (Å²) < 4.78 is 16.0. The molecule has 18 nitrogen and oxygen atoms in total. The van der Waals surface area contributed by atoms with E-state index in [0.29, 0.717) is 32.5 Å². The van der Waals surface area contributed by atoms with Crippen LogP contribution in [0.15, 0.2) is 15.0 Å². The summed E-state index contributed by atoms with van der Waals surface area (Å²) in [5.41, 5.74) is 10.7. The summed E-state index contributed by atoms with van der Waals surface area (Å²) in [7, 11) is 3.67. The first kappa shape index (κ1) is 41.1. The number of nitrogens with two attached hydrogens (primary N) is 2. The predicted molar refractivity (Wildman–Crippen MR) is 166 cm³/mol. The summed E-state index contributed by atoms with van der Waals surface area (Å²) >= 11 is 0. The Bertz CT molecular complexity index is 950. The number of carboxylic acid groups (broad SMARTS) is 3. The zero-order valence-electron chi connectivity index (χ0n) is 26.6. The Labute approximate surface area is 263 Å². The molecule has 0 unspecified atom stereocenters. The van der Waals surface area contributed by atoms with Crippen molar-refractivity contribution in [2.24, 2.45) is 26.4 Å². The first-order valence-corrected chi connectivity index (χ1v) is 14.5. The van der Waals surface area contributed by atoms with Gasteiger partial charge in [-0.1, -0.05) is 0 Å². The van der Waals surface area contributed by atoms with Crippen molar-refractivity contribution >= 4 is 43.0 Å². The first-order valence-electron chi connectivity index (χ1n) is 14.5. The molecule has 0 aliphatic heterocycles. The van der Waals surface area contributed by atoms with E-state index in [0.717, 1.165) is 12.8 Å². The molecule has 0 radical (unpaired) electrons. The van der Waals surface area contributed by atoms with E-state index in [2.05, 4.69) is 15.0 Å². The van der Waals surface area contributed by atoms with Crippen molar-refractivity contribution < 1.29 is 48.7 Å². The number of unbranched alkanes of at least 4 members (excludes halogenated alkanes) is 1. The van der Waals surface area contributed by atoms with E-state index in [9.17, 15) is 24.3 Å². The van der Waals surface area contributed by atoms with Gasteiger partial charge in [0, 0.05) is 39.1 Å². The summed E-state index contributed by atoms with van der Waals surface area (Å²) in [4.78, 5) is 62.2. The minimum absolute atomic E-state index is 0.0237. The Balaban J connectivity index is 4.67. The first-order chi connectivity index (χ1) is 21.2. The Morgan fingerprint density at radius 1 is 0.822 bits per heavy atom. The standard InChI is InChI=1S/C27H50N8O10/c1-20(45-19-32-21(2)44-17-30-9-6-5-7-22(28)26(29)40)31-18-43-14-8-23(27(41)42)35(12-10-33(3)4)13-11-34(15-24(36)37)16-25(38)39/h17-23H,5-16,28H2,1-4H3,(H2,29,40)(H,36,37)(H,38,39)(H,41,42)/t20-,21-,22+,23+/m1/s1. The van der Waals surface area contributed by atoms with E-state index in [1.807, 2.05) is 19.0 Å². The minimum Gasteiger partial charge on any atom is -0.483 e. The number of carboxylic acids is 3. The third-order valence-electron chi connectivity index (χ3n) is 6.11. The van der Waals surface area contributed by atoms with E-state index in [1.165, 1.54) is 17.7 Å². The quantitative estimate of drug-likeness (QED) is 0.0387. The number of ether oxygens (including phenoxy) is 3. The molecule has 0 spiro atoms. The van der Waals surface area contributed by atoms with E-state index < -0.39 is 61.4 Å². The molecule has 0 aliphatic carbocycles. The molecule has 7 N–H and O–H groups in total. The van der Waals surface area contributed by atoms with Crippen LogP contribution in [0.3, 0.4) is 0 Å². The van der Waals surface area contributed by atoms with Crippen molar-refractivity contribution in [1.82, 2.24) is 14.7 Å². The molecular weight excluding hydrogens is 596 g/mol. The number of primary amides is 1. The summed E-state index contributed by atoms with van der Waals surface area (Å²) in [5, 5.41) is 28.0. The van der Waals surface area contributed by atoms with Crippen molar-refractivity contribution in [3.05, 3.63) is 0 Å². The van der Waals surface area contributed by atoms with Crippen LogP contribution in [-0.2, 0) is 33.4 Å². The molecule has 258 valence electrons. The molecule has 0 rings (SSSR count). The molecule has 4 atom stereocenters. The zero-order valence-corrected chi connectivity index (χ0v) is 26.6. The van der Waals surface area contributed by atoms with Crippen molar-refractivity contribution in [3.63, 3.8) is 0 Å². The molecule has 0 aromatic carbocycles. The smallest absolute Gasteiger partial charge is 0.321 e. The van der Waals surface area contributed by atoms with Gasteiger partial charge in [0.15, 0.2) is 31.7 Å². The second-order valence-corrected chi connectivity index (χ2v) is 10.3. The van der Waals surface area contributed by atoms with Gasteiger partial charge in [-0.15, -0.1) is 0 Å². The van der Waals surface area contributed by atoms with Crippen molar-refractivity contribution in [1.29, 1.82) is 0 Å². The van der Waals surface area contributed by atoms with E-state index >= 15 is 0 Å². The van der Waals surface area contributed by atoms with Gasteiger partial charge in [0.2, 0.25) is 5.91 Å². The summed E-state index contributed by atoms with van der Waals surface area (Å²) in [6.45, 7) is 4.00. The van der Waals surface area contributed by atoms with E-state index in [4.69, 9.17) is 35.9 Å².